The molecule has 1 aliphatic heterocycles. The van der Waals surface area contributed by atoms with Gasteiger partial charge in [-0.15, -0.1) is 0 Å². The third kappa shape index (κ3) is 1.14. The lowest BCUT2D eigenvalue weighted by Crippen LogP contribution is -3.00. The van der Waals surface area contributed by atoms with Gasteiger partial charge < -0.3 is 17.0 Å². The SMILES string of the molecule is [Br-].c1c[n+]2c([nH]1)SCC2. The highest BCUT2D eigenvalue weighted by atomic mass is 79.9. The minimum atomic E-state index is 0. The van der Waals surface area contributed by atoms with Crippen molar-refractivity contribution in [1.29, 1.82) is 0 Å². The van der Waals surface area contributed by atoms with Crippen molar-refractivity contribution in [2.45, 2.75) is 11.7 Å². The molecule has 0 spiro atoms. The second-order valence-electron chi connectivity index (χ2n) is 1.81. The molecule has 0 bridgehead atoms. The van der Waals surface area contributed by atoms with E-state index in [4.69, 9.17) is 0 Å². The van der Waals surface area contributed by atoms with E-state index in [9.17, 15) is 0 Å². The lowest BCUT2D eigenvalue weighted by atomic mass is 10.7. The van der Waals surface area contributed by atoms with E-state index in [0.29, 0.717) is 0 Å². The van der Waals surface area contributed by atoms with Crippen LogP contribution in [0.3, 0.4) is 0 Å². The summed E-state index contributed by atoms with van der Waals surface area (Å²) in [5.74, 6) is 1.23. The van der Waals surface area contributed by atoms with Gasteiger partial charge in [0.1, 0.15) is 18.9 Å². The number of imidazole rings is 1. The highest BCUT2D eigenvalue weighted by Gasteiger charge is 2.16. The maximum atomic E-state index is 3.14. The molecule has 0 unspecified atom stereocenters. The van der Waals surface area contributed by atoms with E-state index >= 15 is 0 Å². The Labute approximate surface area is 68.4 Å². The lowest BCUT2D eigenvalue weighted by molar-refractivity contribution is -0.722. The smallest absolute Gasteiger partial charge is 0.315 e. The van der Waals surface area contributed by atoms with E-state index in [-0.39, 0.29) is 17.0 Å². The maximum absolute atomic E-state index is 3.14. The number of thioether (sulfide) groups is 1. The molecule has 2 nitrogen and oxygen atoms in total. The second kappa shape index (κ2) is 2.75. The summed E-state index contributed by atoms with van der Waals surface area (Å²) in [6, 6.07) is 0. The summed E-state index contributed by atoms with van der Waals surface area (Å²) in [5.41, 5.74) is 0. The summed E-state index contributed by atoms with van der Waals surface area (Å²) >= 11 is 1.88. The molecule has 1 N–H and O–H groups in total. The molecular weight excluding hydrogens is 200 g/mol. The van der Waals surface area contributed by atoms with Crippen LogP contribution in [0.2, 0.25) is 0 Å². The Morgan fingerprint density at radius 3 is 3.33 bits per heavy atom. The molecule has 0 saturated heterocycles. The van der Waals surface area contributed by atoms with Crippen molar-refractivity contribution in [2.24, 2.45) is 0 Å². The standard InChI is InChI=1S/C5H6N2S.BrH/c1-2-7-3-4-8-5(7)6-1;/h1-2H,3-4H2;1H. The Hall–Kier alpha value is 0.0400. The Bertz CT molecular complexity index is 180. The van der Waals surface area contributed by atoms with Crippen molar-refractivity contribution < 1.29 is 21.5 Å². The summed E-state index contributed by atoms with van der Waals surface area (Å²) in [6.07, 6.45) is 4.05. The second-order valence-corrected chi connectivity index (χ2v) is 2.89. The Balaban J connectivity index is 0.000000405. The average molecular weight is 207 g/mol. The van der Waals surface area contributed by atoms with E-state index in [1.165, 1.54) is 17.5 Å². The highest BCUT2D eigenvalue weighted by molar-refractivity contribution is 7.99. The normalized spacial score (nSPS) is 14.7. The van der Waals surface area contributed by atoms with Crippen LogP contribution in [0.25, 0.3) is 0 Å². The molecule has 1 aromatic rings. The number of hydrogen-bond donors (Lipinski definition) is 1. The Morgan fingerprint density at radius 1 is 1.67 bits per heavy atom. The Morgan fingerprint density at radius 2 is 2.56 bits per heavy atom. The van der Waals surface area contributed by atoms with Crippen LogP contribution in [0.1, 0.15) is 0 Å². The van der Waals surface area contributed by atoms with Gasteiger partial charge in [-0.05, 0) is 11.8 Å². The first kappa shape index (κ1) is 7.15. The van der Waals surface area contributed by atoms with E-state index in [1.807, 2.05) is 18.0 Å². The molecule has 0 aromatic carbocycles. The zero-order valence-corrected chi connectivity index (χ0v) is 7.20. The molecule has 0 fully saturated rings. The third-order valence-corrected chi connectivity index (χ3v) is 2.31. The number of nitrogens with one attached hydrogen (secondary N) is 1. The van der Waals surface area contributed by atoms with Crippen LogP contribution in [0.4, 0.5) is 0 Å². The first-order chi connectivity index (χ1) is 3.97. The molecule has 2 heterocycles. The van der Waals surface area contributed by atoms with Gasteiger partial charge in [-0.3, -0.25) is 0 Å². The summed E-state index contributed by atoms with van der Waals surface area (Å²) < 4.78 is 2.23. The zero-order valence-electron chi connectivity index (χ0n) is 4.80. The van der Waals surface area contributed by atoms with Crippen LogP contribution in [-0.4, -0.2) is 10.7 Å². The molecule has 0 radical (unpaired) electrons. The van der Waals surface area contributed by atoms with Gasteiger partial charge in [0, 0.05) is 5.75 Å². The molecule has 0 amide bonds. The molecule has 0 saturated carbocycles. The molecular formula is C5H7BrN2S. The number of nitrogens with zero attached hydrogens (tertiary/aromatic N) is 1. The summed E-state index contributed by atoms with van der Waals surface area (Å²) in [4.78, 5) is 3.14. The average Bonchev–Trinajstić information content (AvgIpc) is 2.15. The quantitative estimate of drug-likeness (QED) is 0.463. The fourth-order valence-electron chi connectivity index (χ4n) is 0.890. The number of aromatic amines is 1. The van der Waals surface area contributed by atoms with Crippen LogP contribution in [0.5, 0.6) is 0 Å². The topological polar surface area (TPSA) is 19.7 Å². The van der Waals surface area contributed by atoms with E-state index < -0.39 is 0 Å². The number of H-pyrrole nitrogens is 1. The van der Waals surface area contributed by atoms with Crippen molar-refractivity contribution in [1.82, 2.24) is 4.98 Å². The summed E-state index contributed by atoms with van der Waals surface area (Å²) in [5, 5.41) is 1.30. The molecule has 50 valence electrons. The molecule has 2 rings (SSSR count). The number of fused-ring (bicyclic) bond motifs is 1. The van der Waals surface area contributed by atoms with Crippen LogP contribution < -0.4 is 21.5 Å². The lowest BCUT2D eigenvalue weighted by Gasteiger charge is -1.77. The first-order valence-corrected chi connectivity index (χ1v) is 3.65. The molecule has 1 aromatic heterocycles. The predicted octanol–water partition coefficient (Wildman–Crippen LogP) is -2.59. The largest absolute Gasteiger partial charge is 1.00 e. The predicted molar refractivity (Wildman–Crippen MR) is 31.7 cm³/mol. The van der Waals surface area contributed by atoms with E-state index in [0.717, 1.165) is 0 Å². The fourth-order valence-corrected chi connectivity index (χ4v) is 1.84. The molecule has 4 heteroatoms. The number of aryl methyl sites for hydroxylation is 1. The maximum Gasteiger partial charge on any atom is 0.315 e. The summed E-state index contributed by atoms with van der Waals surface area (Å²) in [7, 11) is 0. The number of aromatic nitrogens is 2. The minimum Gasteiger partial charge on any atom is -1.00 e. The number of rotatable bonds is 0. The number of halogens is 1. The van der Waals surface area contributed by atoms with Gasteiger partial charge in [0.15, 0.2) is 0 Å². The van der Waals surface area contributed by atoms with Crippen LogP contribution in [-0.2, 0) is 6.54 Å². The van der Waals surface area contributed by atoms with Crippen LogP contribution in [0.15, 0.2) is 17.6 Å². The first-order valence-electron chi connectivity index (χ1n) is 2.66. The van der Waals surface area contributed by atoms with Crippen molar-refractivity contribution >= 4 is 11.8 Å². The van der Waals surface area contributed by atoms with E-state index in [1.54, 1.807) is 0 Å². The van der Waals surface area contributed by atoms with Crippen molar-refractivity contribution in [3.05, 3.63) is 12.4 Å². The van der Waals surface area contributed by atoms with Crippen molar-refractivity contribution in [2.75, 3.05) is 5.75 Å². The summed E-state index contributed by atoms with van der Waals surface area (Å²) in [6.45, 7) is 1.17. The monoisotopic (exact) mass is 206 g/mol. The minimum absolute atomic E-state index is 0. The van der Waals surface area contributed by atoms with Gasteiger partial charge in [-0.2, -0.15) is 0 Å². The van der Waals surface area contributed by atoms with E-state index in [2.05, 4.69) is 15.7 Å². The van der Waals surface area contributed by atoms with Crippen LogP contribution in [0, 0.1) is 0 Å². The zero-order chi connectivity index (χ0) is 5.40. The van der Waals surface area contributed by atoms with Crippen molar-refractivity contribution in [3.8, 4) is 0 Å². The Kier molecular flexibility index (Phi) is 2.18. The number of hydrogen-bond acceptors (Lipinski definition) is 1. The molecule has 0 aliphatic carbocycles. The highest BCUT2D eigenvalue weighted by Crippen LogP contribution is 2.14. The fraction of sp³-hybridized carbons (Fsp3) is 0.400. The molecule has 1 aliphatic rings. The molecule has 0 atom stereocenters. The molecule has 9 heavy (non-hydrogen) atoms. The van der Waals surface area contributed by atoms with Gasteiger partial charge >= 0.3 is 5.16 Å². The van der Waals surface area contributed by atoms with Gasteiger partial charge in [0.05, 0.1) is 0 Å². The van der Waals surface area contributed by atoms with Crippen molar-refractivity contribution in [3.63, 3.8) is 0 Å². The van der Waals surface area contributed by atoms with Gasteiger partial charge in [-0.1, -0.05) is 0 Å². The van der Waals surface area contributed by atoms with Gasteiger partial charge in [-0.25, -0.2) is 9.55 Å². The van der Waals surface area contributed by atoms with Gasteiger partial charge in [0.2, 0.25) is 0 Å². The third-order valence-electron chi connectivity index (χ3n) is 1.29. The van der Waals surface area contributed by atoms with Crippen LogP contribution >= 0.6 is 11.8 Å². The van der Waals surface area contributed by atoms with Gasteiger partial charge in [0.25, 0.3) is 0 Å².